The third-order valence-electron chi connectivity index (χ3n) is 2.88. The highest BCUT2D eigenvalue weighted by Crippen LogP contribution is 2.24. The van der Waals surface area contributed by atoms with Crippen molar-refractivity contribution in [2.45, 2.75) is 51.5 Å². The highest BCUT2D eigenvalue weighted by Gasteiger charge is 2.03. The quantitative estimate of drug-likeness (QED) is 0.730. The third-order valence-corrected chi connectivity index (χ3v) is 4.09. The van der Waals surface area contributed by atoms with Gasteiger partial charge >= 0.3 is 0 Å². The molecule has 1 aromatic carbocycles. The summed E-state index contributed by atoms with van der Waals surface area (Å²) in [7, 11) is 0. The molecule has 17 heavy (non-hydrogen) atoms. The number of hydrogen-bond acceptors (Lipinski definition) is 2. The van der Waals surface area contributed by atoms with Crippen LogP contribution in [0.15, 0.2) is 23.1 Å². The maximum absolute atomic E-state index is 3.53. The van der Waals surface area contributed by atoms with Gasteiger partial charge < -0.3 is 5.32 Å². The fourth-order valence-electron chi connectivity index (χ4n) is 1.80. The van der Waals surface area contributed by atoms with Gasteiger partial charge in [0.15, 0.2) is 0 Å². The second-order valence-electron chi connectivity index (χ2n) is 4.76. The number of rotatable bonds is 7. The van der Waals surface area contributed by atoms with Gasteiger partial charge in [0.2, 0.25) is 0 Å². The molecule has 0 aliphatic carbocycles. The molecule has 1 rings (SSSR count). The van der Waals surface area contributed by atoms with Crippen LogP contribution in [0.3, 0.4) is 0 Å². The van der Waals surface area contributed by atoms with Crippen LogP contribution >= 0.6 is 11.8 Å². The molecule has 0 aliphatic heterocycles. The first kappa shape index (κ1) is 14.6. The maximum Gasteiger partial charge on any atom is 0.0101 e. The fraction of sp³-hybridized carbons (Fsp3) is 0.600. The molecule has 0 aliphatic rings. The average Bonchev–Trinajstić information content (AvgIpc) is 2.29. The Hall–Kier alpha value is -0.470. The fourth-order valence-corrected chi connectivity index (χ4v) is 2.94. The zero-order valence-corrected chi connectivity index (χ0v) is 12.4. The topological polar surface area (TPSA) is 12.0 Å². The average molecular weight is 251 g/mol. The van der Waals surface area contributed by atoms with Crippen LogP contribution in [0.4, 0.5) is 0 Å². The number of thioether (sulfide) groups is 1. The van der Waals surface area contributed by atoms with Gasteiger partial charge in [-0.05, 0) is 57.5 Å². The molecule has 0 fully saturated rings. The molecule has 0 amide bonds. The van der Waals surface area contributed by atoms with E-state index in [1.54, 1.807) is 0 Å². The molecule has 2 heteroatoms. The second-order valence-corrected chi connectivity index (χ2v) is 5.90. The molecule has 1 unspecified atom stereocenters. The van der Waals surface area contributed by atoms with E-state index in [0.717, 1.165) is 6.54 Å². The van der Waals surface area contributed by atoms with Gasteiger partial charge in [0.25, 0.3) is 0 Å². The van der Waals surface area contributed by atoms with E-state index in [-0.39, 0.29) is 0 Å². The van der Waals surface area contributed by atoms with Gasteiger partial charge in [-0.3, -0.25) is 0 Å². The van der Waals surface area contributed by atoms with Gasteiger partial charge in [0, 0.05) is 10.9 Å². The highest BCUT2D eigenvalue weighted by molar-refractivity contribution is 7.99. The van der Waals surface area contributed by atoms with Crippen LogP contribution in [0, 0.1) is 13.8 Å². The molecule has 0 spiro atoms. The second kappa shape index (κ2) is 7.78. The summed E-state index contributed by atoms with van der Waals surface area (Å²) in [6, 6.07) is 7.35. The summed E-state index contributed by atoms with van der Waals surface area (Å²) in [5.41, 5.74) is 2.76. The first-order valence-electron chi connectivity index (χ1n) is 6.57. The molecule has 1 aromatic rings. The van der Waals surface area contributed by atoms with E-state index >= 15 is 0 Å². The van der Waals surface area contributed by atoms with Crippen LogP contribution in [-0.4, -0.2) is 18.3 Å². The Kier molecular flexibility index (Phi) is 6.68. The molecule has 1 nitrogen and oxygen atoms in total. The molecule has 0 radical (unpaired) electrons. The standard InChI is InChI=1S/C15H25NS/c1-5-9-16-14(4)8-10-17-15-7-6-12(2)11-13(15)3/h6-7,11,14,16H,5,8-10H2,1-4H3. The van der Waals surface area contributed by atoms with Gasteiger partial charge in [-0.1, -0.05) is 24.6 Å². The van der Waals surface area contributed by atoms with Crippen LogP contribution in [0.2, 0.25) is 0 Å². The van der Waals surface area contributed by atoms with Crippen LogP contribution in [0.5, 0.6) is 0 Å². The Morgan fingerprint density at radius 3 is 2.71 bits per heavy atom. The lowest BCUT2D eigenvalue weighted by Crippen LogP contribution is -2.27. The zero-order valence-electron chi connectivity index (χ0n) is 11.5. The number of hydrogen-bond donors (Lipinski definition) is 1. The number of benzene rings is 1. The molecular weight excluding hydrogens is 226 g/mol. The van der Waals surface area contributed by atoms with Gasteiger partial charge in [0.1, 0.15) is 0 Å². The van der Waals surface area contributed by atoms with E-state index in [9.17, 15) is 0 Å². The molecule has 1 atom stereocenters. The van der Waals surface area contributed by atoms with Crippen molar-refractivity contribution in [3.05, 3.63) is 29.3 Å². The zero-order chi connectivity index (χ0) is 12.7. The van der Waals surface area contributed by atoms with Crippen molar-refractivity contribution in [3.8, 4) is 0 Å². The van der Waals surface area contributed by atoms with Crippen molar-refractivity contribution in [2.24, 2.45) is 0 Å². The lowest BCUT2D eigenvalue weighted by molar-refractivity contribution is 0.536. The van der Waals surface area contributed by atoms with Crippen LogP contribution in [-0.2, 0) is 0 Å². The first-order chi connectivity index (χ1) is 8.13. The molecule has 0 bridgehead atoms. The Morgan fingerprint density at radius 1 is 1.29 bits per heavy atom. The smallest absolute Gasteiger partial charge is 0.0101 e. The van der Waals surface area contributed by atoms with Gasteiger partial charge in [-0.2, -0.15) is 0 Å². The van der Waals surface area contributed by atoms with Crippen molar-refractivity contribution in [3.63, 3.8) is 0 Å². The predicted octanol–water partition coefficient (Wildman–Crippen LogP) is 4.17. The molecule has 1 N–H and O–H groups in total. The molecule has 0 aromatic heterocycles. The van der Waals surface area contributed by atoms with E-state index in [1.807, 2.05) is 11.8 Å². The molecule has 0 saturated carbocycles. The lowest BCUT2D eigenvalue weighted by Gasteiger charge is -2.13. The molecule has 0 saturated heterocycles. The van der Waals surface area contributed by atoms with Crippen LogP contribution in [0.25, 0.3) is 0 Å². The van der Waals surface area contributed by atoms with Crippen molar-refractivity contribution in [2.75, 3.05) is 12.3 Å². The number of nitrogens with one attached hydrogen (secondary N) is 1. The summed E-state index contributed by atoms with van der Waals surface area (Å²) in [6.07, 6.45) is 2.45. The van der Waals surface area contributed by atoms with E-state index in [0.29, 0.717) is 6.04 Å². The van der Waals surface area contributed by atoms with Crippen molar-refractivity contribution in [1.82, 2.24) is 5.32 Å². The minimum Gasteiger partial charge on any atom is -0.314 e. The van der Waals surface area contributed by atoms with E-state index in [2.05, 4.69) is 51.2 Å². The SMILES string of the molecule is CCCNC(C)CCSc1ccc(C)cc1C. The Labute approximate surface area is 110 Å². The van der Waals surface area contributed by atoms with E-state index in [1.165, 1.54) is 34.6 Å². The van der Waals surface area contributed by atoms with E-state index in [4.69, 9.17) is 0 Å². The highest BCUT2D eigenvalue weighted by atomic mass is 32.2. The van der Waals surface area contributed by atoms with Crippen LogP contribution < -0.4 is 5.32 Å². The Balaban J connectivity index is 2.30. The first-order valence-corrected chi connectivity index (χ1v) is 7.55. The predicted molar refractivity (Wildman–Crippen MR) is 79.0 cm³/mol. The molecular formula is C15H25NS. The van der Waals surface area contributed by atoms with Crippen molar-refractivity contribution < 1.29 is 0 Å². The summed E-state index contributed by atoms with van der Waals surface area (Å²) >= 11 is 1.98. The Morgan fingerprint density at radius 2 is 2.06 bits per heavy atom. The normalized spacial score (nSPS) is 12.7. The summed E-state index contributed by atoms with van der Waals surface area (Å²) < 4.78 is 0. The molecule has 0 heterocycles. The largest absolute Gasteiger partial charge is 0.314 e. The minimum atomic E-state index is 0.633. The molecule has 96 valence electrons. The summed E-state index contributed by atoms with van der Waals surface area (Å²) in [5, 5.41) is 3.53. The summed E-state index contributed by atoms with van der Waals surface area (Å²) in [4.78, 5) is 1.43. The maximum atomic E-state index is 3.53. The van der Waals surface area contributed by atoms with Gasteiger partial charge in [0.05, 0.1) is 0 Å². The summed E-state index contributed by atoms with van der Waals surface area (Å²) in [6.45, 7) is 9.98. The van der Waals surface area contributed by atoms with Gasteiger partial charge in [-0.15, -0.1) is 11.8 Å². The Bertz CT molecular complexity index is 336. The lowest BCUT2D eigenvalue weighted by atomic mass is 10.2. The number of aryl methyl sites for hydroxylation is 2. The van der Waals surface area contributed by atoms with Crippen molar-refractivity contribution in [1.29, 1.82) is 0 Å². The monoisotopic (exact) mass is 251 g/mol. The summed E-state index contributed by atoms with van der Waals surface area (Å²) in [5.74, 6) is 1.20. The van der Waals surface area contributed by atoms with Gasteiger partial charge in [-0.25, -0.2) is 0 Å². The van der Waals surface area contributed by atoms with Crippen molar-refractivity contribution >= 4 is 11.8 Å². The third kappa shape index (κ3) is 5.60. The van der Waals surface area contributed by atoms with Crippen LogP contribution in [0.1, 0.15) is 37.8 Å². The minimum absolute atomic E-state index is 0.633. The van der Waals surface area contributed by atoms with E-state index < -0.39 is 0 Å².